The number of hydrogen-bond acceptors (Lipinski definition) is 3. The number of sulfonamides is 1. The fraction of sp³-hybridized carbons (Fsp3) is 0.0952. The van der Waals surface area contributed by atoms with Crippen LogP contribution in [0.1, 0.15) is 21.5 Å². The first-order valence-corrected chi connectivity index (χ1v) is 10.8. The third kappa shape index (κ3) is 5.07. The molecule has 0 spiro atoms. The largest absolute Gasteiger partial charge is 0.322 e. The van der Waals surface area contributed by atoms with Gasteiger partial charge in [-0.1, -0.05) is 58.4 Å². The molecule has 0 saturated carbocycles. The Labute approximate surface area is 173 Å². The first-order chi connectivity index (χ1) is 13.3. The summed E-state index contributed by atoms with van der Waals surface area (Å²) in [6, 6.07) is 20.8. The molecule has 0 atom stereocenters. The molecule has 28 heavy (non-hydrogen) atoms. The highest BCUT2D eigenvalue weighted by Gasteiger charge is 2.16. The summed E-state index contributed by atoms with van der Waals surface area (Å²) in [5, 5.41) is 2.82. The molecule has 0 saturated heterocycles. The zero-order valence-electron chi connectivity index (χ0n) is 15.1. The number of rotatable bonds is 6. The molecule has 0 aromatic heterocycles. The third-order valence-electron chi connectivity index (χ3n) is 4.16. The SMILES string of the molecule is Cc1ccc(Br)cc1NC(=O)c1cccc(S(=O)(=O)NCc2ccccc2)c1. The molecular weight excluding hydrogens is 440 g/mol. The number of benzene rings is 3. The Kier molecular flexibility index (Phi) is 6.28. The van der Waals surface area contributed by atoms with Crippen LogP contribution in [0.5, 0.6) is 0 Å². The number of carbonyl (C=O) groups is 1. The smallest absolute Gasteiger partial charge is 0.255 e. The van der Waals surface area contributed by atoms with Crippen LogP contribution in [0.4, 0.5) is 5.69 Å². The average molecular weight is 459 g/mol. The van der Waals surface area contributed by atoms with Crippen LogP contribution in [0.2, 0.25) is 0 Å². The molecule has 0 heterocycles. The van der Waals surface area contributed by atoms with E-state index in [4.69, 9.17) is 0 Å². The van der Waals surface area contributed by atoms with E-state index in [1.54, 1.807) is 18.2 Å². The molecule has 2 N–H and O–H groups in total. The fourth-order valence-corrected chi connectivity index (χ4v) is 4.01. The Morgan fingerprint density at radius 2 is 1.71 bits per heavy atom. The molecule has 144 valence electrons. The van der Waals surface area contributed by atoms with Crippen LogP contribution in [-0.2, 0) is 16.6 Å². The van der Waals surface area contributed by atoms with E-state index in [2.05, 4.69) is 26.0 Å². The standard InChI is InChI=1S/C21H19BrN2O3S/c1-15-10-11-18(22)13-20(15)24-21(25)17-8-5-9-19(12-17)28(26,27)23-14-16-6-3-2-4-7-16/h2-13,23H,14H2,1H3,(H,24,25). The normalized spacial score (nSPS) is 11.2. The first-order valence-electron chi connectivity index (χ1n) is 8.56. The maximum Gasteiger partial charge on any atom is 0.255 e. The number of halogens is 1. The summed E-state index contributed by atoms with van der Waals surface area (Å²) in [6.07, 6.45) is 0. The van der Waals surface area contributed by atoms with Crippen LogP contribution >= 0.6 is 15.9 Å². The van der Waals surface area contributed by atoms with Crippen molar-refractivity contribution in [3.05, 3.63) is 94.0 Å². The lowest BCUT2D eigenvalue weighted by Gasteiger charge is -2.11. The van der Waals surface area contributed by atoms with Crippen molar-refractivity contribution in [2.75, 3.05) is 5.32 Å². The van der Waals surface area contributed by atoms with Gasteiger partial charge in [-0.15, -0.1) is 0 Å². The Morgan fingerprint density at radius 3 is 2.46 bits per heavy atom. The Balaban J connectivity index is 1.77. The molecule has 0 fully saturated rings. The lowest BCUT2D eigenvalue weighted by atomic mass is 10.1. The van der Waals surface area contributed by atoms with Crippen molar-refractivity contribution in [3.63, 3.8) is 0 Å². The van der Waals surface area contributed by atoms with Gasteiger partial charge in [0.15, 0.2) is 0 Å². The van der Waals surface area contributed by atoms with E-state index in [1.165, 1.54) is 12.1 Å². The number of anilines is 1. The summed E-state index contributed by atoms with van der Waals surface area (Å²) >= 11 is 3.38. The third-order valence-corrected chi connectivity index (χ3v) is 6.06. The number of carbonyl (C=O) groups excluding carboxylic acids is 1. The van der Waals surface area contributed by atoms with E-state index in [0.717, 1.165) is 15.6 Å². The van der Waals surface area contributed by atoms with Crippen LogP contribution in [-0.4, -0.2) is 14.3 Å². The van der Waals surface area contributed by atoms with Gasteiger partial charge in [0.1, 0.15) is 0 Å². The molecule has 3 aromatic rings. The van der Waals surface area contributed by atoms with Crippen LogP contribution in [0, 0.1) is 6.92 Å². The van der Waals surface area contributed by atoms with E-state index in [1.807, 2.05) is 49.4 Å². The topological polar surface area (TPSA) is 75.3 Å². The number of aryl methyl sites for hydroxylation is 1. The maximum absolute atomic E-state index is 12.6. The molecule has 0 unspecified atom stereocenters. The van der Waals surface area contributed by atoms with Crippen molar-refractivity contribution in [1.82, 2.24) is 4.72 Å². The fourth-order valence-electron chi connectivity index (χ4n) is 2.59. The average Bonchev–Trinajstić information content (AvgIpc) is 2.70. The van der Waals surface area contributed by atoms with E-state index in [9.17, 15) is 13.2 Å². The molecule has 0 aliphatic rings. The van der Waals surface area contributed by atoms with Gasteiger partial charge in [-0.05, 0) is 48.4 Å². The molecule has 7 heteroatoms. The quantitative estimate of drug-likeness (QED) is 0.571. The minimum absolute atomic E-state index is 0.0436. The molecule has 1 amide bonds. The van der Waals surface area contributed by atoms with E-state index in [0.29, 0.717) is 5.69 Å². The van der Waals surface area contributed by atoms with Crippen molar-refractivity contribution in [3.8, 4) is 0 Å². The monoisotopic (exact) mass is 458 g/mol. The summed E-state index contributed by atoms with van der Waals surface area (Å²) in [7, 11) is -3.74. The lowest BCUT2D eigenvalue weighted by molar-refractivity contribution is 0.102. The molecule has 0 radical (unpaired) electrons. The van der Waals surface area contributed by atoms with E-state index in [-0.39, 0.29) is 22.9 Å². The minimum atomic E-state index is -3.74. The first kappa shape index (κ1) is 20.3. The van der Waals surface area contributed by atoms with Crippen molar-refractivity contribution in [2.45, 2.75) is 18.4 Å². The van der Waals surface area contributed by atoms with E-state index >= 15 is 0 Å². The maximum atomic E-state index is 12.6. The summed E-state index contributed by atoms with van der Waals surface area (Å²) in [5.41, 5.74) is 2.69. The second-order valence-corrected chi connectivity index (χ2v) is 8.93. The van der Waals surface area contributed by atoms with Gasteiger partial charge in [-0.2, -0.15) is 0 Å². The molecule has 3 rings (SSSR count). The minimum Gasteiger partial charge on any atom is -0.322 e. The highest BCUT2D eigenvalue weighted by Crippen LogP contribution is 2.22. The summed E-state index contributed by atoms with van der Waals surface area (Å²) < 4.78 is 28.6. The van der Waals surface area contributed by atoms with Crippen LogP contribution in [0.3, 0.4) is 0 Å². The van der Waals surface area contributed by atoms with Crippen molar-refractivity contribution >= 4 is 37.5 Å². The molecular formula is C21H19BrN2O3S. The van der Waals surface area contributed by atoms with Gasteiger partial charge in [-0.3, -0.25) is 4.79 Å². The summed E-state index contributed by atoms with van der Waals surface area (Å²) in [5.74, 6) is -0.374. The molecule has 3 aromatic carbocycles. The van der Waals surface area contributed by atoms with Gasteiger partial charge in [-0.25, -0.2) is 13.1 Å². The summed E-state index contributed by atoms with van der Waals surface area (Å²) in [4.78, 5) is 12.6. The van der Waals surface area contributed by atoms with E-state index < -0.39 is 10.0 Å². The van der Waals surface area contributed by atoms with Gasteiger partial charge < -0.3 is 5.32 Å². The van der Waals surface area contributed by atoms with Gasteiger partial charge >= 0.3 is 0 Å². The zero-order chi connectivity index (χ0) is 20.1. The number of hydrogen-bond donors (Lipinski definition) is 2. The highest BCUT2D eigenvalue weighted by molar-refractivity contribution is 9.10. The predicted octanol–water partition coefficient (Wildman–Crippen LogP) is 4.49. The van der Waals surface area contributed by atoms with Gasteiger partial charge in [0.25, 0.3) is 5.91 Å². The van der Waals surface area contributed by atoms with Gasteiger partial charge in [0.2, 0.25) is 10.0 Å². The number of nitrogens with one attached hydrogen (secondary N) is 2. The molecule has 0 bridgehead atoms. The number of amides is 1. The van der Waals surface area contributed by atoms with Gasteiger partial charge in [0.05, 0.1) is 4.90 Å². The Hall–Kier alpha value is -2.48. The van der Waals surface area contributed by atoms with Gasteiger partial charge in [0, 0.05) is 22.3 Å². The Morgan fingerprint density at radius 1 is 0.964 bits per heavy atom. The zero-order valence-corrected chi connectivity index (χ0v) is 17.5. The van der Waals surface area contributed by atoms with Crippen LogP contribution in [0.25, 0.3) is 0 Å². The Bertz CT molecular complexity index is 1100. The molecule has 0 aliphatic heterocycles. The second kappa shape index (κ2) is 8.68. The van der Waals surface area contributed by atoms with Crippen LogP contribution in [0.15, 0.2) is 82.2 Å². The summed E-state index contributed by atoms with van der Waals surface area (Å²) in [6.45, 7) is 2.06. The van der Waals surface area contributed by atoms with Crippen LogP contribution < -0.4 is 10.0 Å². The predicted molar refractivity (Wildman–Crippen MR) is 114 cm³/mol. The van der Waals surface area contributed by atoms with Crippen molar-refractivity contribution in [2.24, 2.45) is 0 Å². The van der Waals surface area contributed by atoms with Crippen molar-refractivity contribution in [1.29, 1.82) is 0 Å². The second-order valence-electron chi connectivity index (χ2n) is 6.25. The molecule has 5 nitrogen and oxygen atoms in total. The highest BCUT2D eigenvalue weighted by atomic mass is 79.9. The molecule has 0 aliphatic carbocycles. The van der Waals surface area contributed by atoms with Crippen molar-refractivity contribution < 1.29 is 13.2 Å². The lowest BCUT2D eigenvalue weighted by Crippen LogP contribution is -2.23.